The number of nitrogens with zero attached hydrogens (tertiary/aromatic N) is 1. The topological polar surface area (TPSA) is 46.3 Å². The lowest BCUT2D eigenvalue weighted by atomic mass is 9.99. The van der Waals surface area contributed by atoms with Gasteiger partial charge in [0.05, 0.1) is 0 Å². The molecule has 2 N–H and O–H groups in total. The summed E-state index contributed by atoms with van der Waals surface area (Å²) < 4.78 is 0. The zero-order valence-electron chi connectivity index (χ0n) is 11.7. The van der Waals surface area contributed by atoms with E-state index in [4.69, 9.17) is 5.73 Å². The Morgan fingerprint density at radius 1 is 1.29 bits per heavy atom. The Morgan fingerprint density at radius 3 is 2.41 bits per heavy atom. The third-order valence-corrected chi connectivity index (χ3v) is 4.37. The molecule has 0 saturated heterocycles. The van der Waals surface area contributed by atoms with Gasteiger partial charge >= 0.3 is 0 Å². The summed E-state index contributed by atoms with van der Waals surface area (Å²) >= 11 is 0. The quantitative estimate of drug-likeness (QED) is 0.663. The molecule has 17 heavy (non-hydrogen) atoms. The van der Waals surface area contributed by atoms with E-state index in [1.165, 1.54) is 12.8 Å². The van der Waals surface area contributed by atoms with Gasteiger partial charge in [-0.1, -0.05) is 19.8 Å². The molecule has 1 rings (SSSR count). The predicted molar refractivity (Wildman–Crippen MR) is 71.7 cm³/mol. The molecule has 1 saturated carbocycles. The second kappa shape index (κ2) is 6.39. The van der Waals surface area contributed by atoms with E-state index in [0.29, 0.717) is 23.8 Å². The fourth-order valence-corrected chi connectivity index (χ4v) is 2.25. The lowest BCUT2D eigenvalue weighted by molar-refractivity contribution is -0.133. The van der Waals surface area contributed by atoms with Crippen LogP contribution in [0.25, 0.3) is 0 Å². The Hall–Kier alpha value is -0.570. The molecule has 0 aromatic carbocycles. The Kier molecular flexibility index (Phi) is 5.44. The lowest BCUT2D eigenvalue weighted by Crippen LogP contribution is -2.39. The van der Waals surface area contributed by atoms with Crippen molar-refractivity contribution in [3.8, 4) is 0 Å². The molecule has 0 radical (unpaired) electrons. The van der Waals surface area contributed by atoms with Crippen molar-refractivity contribution in [1.82, 2.24) is 4.90 Å². The molecule has 0 bridgehead atoms. The highest BCUT2D eigenvalue weighted by Crippen LogP contribution is 2.49. The molecule has 1 aliphatic carbocycles. The second-order valence-corrected chi connectivity index (χ2v) is 5.79. The normalized spacial score (nSPS) is 18.8. The monoisotopic (exact) mass is 240 g/mol. The highest BCUT2D eigenvalue weighted by Gasteiger charge is 2.44. The molecule has 0 aliphatic heterocycles. The maximum atomic E-state index is 12.0. The molecule has 0 aromatic heterocycles. The van der Waals surface area contributed by atoms with Crippen molar-refractivity contribution in [2.45, 2.75) is 64.8 Å². The molecule has 0 spiro atoms. The van der Waals surface area contributed by atoms with Crippen molar-refractivity contribution in [3.63, 3.8) is 0 Å². The van der Waals surface area contributed by atoms with Crippen LogP contribution in [0.2, 0.25) is 0 Å². The number of rotatable bonds is 8. The van der Waals surface area contributed by atoms with E-state index >= 15 is 0 Å². The molecular weight excluding hydrogens is 212 g/mol. The first-order valence-electron chi connectivity index (χ1n) is 6.97. The molecule has 1 unspecified atom stereocenters. The van der Waals surface area contributed by atoms with Crippen molar-refractivity contribution < 1.29 is 4.79 Å². The third-order valence-electron chi connectivity index (χ3n) is 4.37. The first-order valence-corrected chi connectivity index (χ1v) is 6.97. The fraction of sp³-hybridized carbons (Fsp3) is 0.929. The Morgan fingerprint density at radius 2 is 1.88 bits per heavy atom. The van der Waals surface area contributed by atoms with Crippen LogP contribution in [-0.4, -0.2) is 30.4 Å². The largest absolute Gasteiger partial charge is 0.343 e. The zero-order chi connectivity index (χ0) is 12.9. The highest BCUT2D eigenvalue weighted by molar-refractivity contribution is 5.76. The number of carbonyl (C=O) groups excluding carboxylic acids is 1. The van der Waals surface area contributed by atoms with Crippen LogP contribution in [0, 0.1) is 5.41 Å². The summed E-state index contributed by atoms with van der Waals surface area (Å²) in [6.45, 7) is 5.23. The Labute approximate surface area is 106 Å². The van der Waals surface area contributed by atoms with Gasteiger partial charge in [-0.25, -0.2) is 0 Å². The van der Waals surface area contributed by atoms with E-state index in [2.05, 4.69) is 13.8 Å². The minimum absolute atomic E-state index is 0.304. The van der Waals surface area contributed by atoms with E-state index in [9.17, 15) is 4.79 Å². The molecule has 0 heterocycles. The predicted octanol–water partition coefficient (Wildman–Crippen LogP) is 2.54. The van der Waals surface area contributed by atoms with Crippen LogP contribution >= 0.6 is 0 Å². The van der Waals surface area contributed by atoms with Gasteiger partial charge < -0.3 is 10.6 Å². The Balaban J connectivity index is 2.18. The lowest BCUT2D eigenvalue weighted by Gasteiger charge is -2.30. The summed E-state index contributed by atoms with van der Waals surface area (Å²) in [6.07, 6.45) is 7.60. The molecule has 0 aromatic rings. The van der Waals surface area contributed by atoms with Crippen LogP contribution in [0.1, 0.15) is 58.8 Å². The maximum Gasteiger partial charge on any atom is 0.222 e. The van der Waals surface area contributed by atoms with Crippen molar-refractivity contribution in [1.29, 1.82) is 0 Å². The summed E-state index contributed by atoms with van der Waals surface area (Å²) in [5.41, 5.74) is 5.83. The number of unbranched alkanes of at least 4 members (excludes halogenated alkanes) is 3. The van der Waals surface area contributed by atoms with Crippen molar-refractivity contribution >= 4 is 5.91 Å². The maximum absolute atomic E-state index is 12.0. The SMILES string of the molecule is CC(N(C)C(=O)CCCCCCN)C1(C)CC1. The van der Waals surface area contributed by atoms with E-state index in [1.807, 2.05) is 11.9 Å². The van der Waals surface area contributed by atoms with Gasteiger partial charge in [-0.3, -0.25) is 4.79 Å². The average Bonchev–Trinajstić information content (AvgIpc) is 3.06. The zero-order valence-corrected chi connectivity index (χ0v) is 11.7. The highest BCUT2D eigenvalue weighted by atomic mass is 16.2. The summed E-state index contributed by atoms with van der Waals surface area (Å²) in [4.78, 5) is 13.9. The summed E-state index contributed by atoms with van der Waals surface area (Å²) in [5, 5.41) is 0. The summed E-state index contributed by atoms with van der Waals surface area (Å²) in [6, 6.07) is 0.388. The molecule has 1 atom stereocenters. The molecule has 1 fully saturated rings. The van der Waals surface area contributed by atoms with Crippen LogP contribution in [0.3, 0.4) is 0 Å². The van der Waals surface area contributed by atoms with Crippen molar-refractivity contribution in [3.05, 3.63) is 0 Å². The number of carbonyl (C=O) groups is 1. The van der Waals surface area contributed by atoms with Crippen molar-refractivity contribution in [2.24, 2.45) is 11.1 Å². The minimum Gasteiger partial charge on any atom is -0.343 e. The van der Waals surface area contributed by atoms with Gasteiger partial charge in [0.15, 0.2) is 0 Å². The first kappa shape index (κ1) is 14.5. The van der Waals surface area contributed by atoms with E-state index in [0.717, 1.165) is 32.2 Å². The van der Waals surface area contributed by atoms with Crippen molar-refractivity contribution in [2.75, 3.05) is 13.6 Å². The van der Waals surface area contributed by atoms with Crippen LogP contribution in [0.5, 0.6) is 0 Å². The van der Waals surface area contributed by atoms with Crippen LogP contribution in [0.15, 0.2) is 0 Å². The molecule has 1 amide bonds. The summed E-state index contributed by atoms with van der Waals surface area (Å²) in [7, 11) is 1.95. The average molecular weight is 240 g/mol. The molecular formula is C14H28N2O. The second-order valence-electron chi connectivity index (χ2n) is 5.79. The van der Waals surface area contributed by atoms with Gasteiger partial charge in [-0.15, -0.1) is 0 Å². The van der Waals surface area contributed by atoms with Gasteiger partial charge in [0, 0.05) is 19.5 Å². The van der Waals surface area contributed by atoms with Gasteiger partial charge in [-0.2, -0.15) is 0 Å². The fourth-order valence-electron chi connectivity index (χ4n) is 2.25. The Bertz CT molecular complexity index is 249. The third kappa shape index (κ3) is 4.30. The standard InChI is InChI=1S/C14H28N2O/c1-12(14(2)9-10-14)16(3)13(17)8-6-4-5-7-11-15/h12H,4-11,15H2,1-3H3. The number of hydrogen-bond acceptors (Lipinski definition) is 2. The van der Waals surface area contributed by atoms with Gasteiger partial charge in [0.1, 0.15) is 0 Å². The minimum atomic E-state index is 0.304. The number of hydrogen-bond donors (Lipinski definition) is 1. The number of amides is 1. The van der Waals surface area contributed by atoms with E-state index in [1.54, 1.807) is 0 Å². The summed E-state index contributed by atoms with van der Waals surface area (Å²) in [5.74, 6) is 0.304. The molecule has 1 aliphatic rings. The molecule has 3 nitrogen and oxygen atoms in total. The van der Waals surface area contributed by atoms with Crippen LogP contribution in [0.4, 0.5) is 0 Å². The van der Waals surface area contributed by atoms with Gasteiger partial charge in [-0.05, 0) is 44.6 Å². The van der Waals surface area contributed by atoms with E-state index in [-0.39, 0.29) is 0 Å². The smallest absolute Gasteiger partial charge is 0.222 e. The van der Waals surface area contributed by atoms with Crippen LogP contribution < -0.4 is 5.73 Å². The first-order chi connectivity index (χ1) is 8.01. The van der Waals surface area contributed by atoms with Gasteiger partial charge in [0.25, 0.3) is 0 Å². The van der Waals surface area contributed by atoms with Crippen LogP contribution in [-0.2, 0) is 4.79 Å². The van der Waals surface area contributed by atoms with E-state index < -0.39 is 0 Å². The molecule has 3 heteroatoms. The molecule has 100 valence electrons. The van der Waals surface area contributed by atoms with Gasteiger partial charge in [0.2, 0.25) is 5.91 Å². The number of nitrogens with two attached hydrogens (primary N) is 1.